The molecule has 0 bridgehead atoms. The molecule has 1 aliphatic rings. The van der Waals surface area contributed by atoms with E-state index in [0.29, 0.717) is 6.54 Å². The second-order valence-electron chi connectivity index (χ2n) is 5.78. The lowest BCUT2D eigenvalue weighted by atomic mass is 9.81. The zero-order chi connectivity index (χ0) is 12.3. The maximum Gasteiger partial charge on any atom is 0.226 e. The Hall–Kier alpha value is -0.570. The standard InChI is InChI=1S/C13H25NO2/c1-10(2)14(8-9-15)12(16)11-6-5-7-13(11,3)4/h10-11,15H,5-9H2,1-4H3. The molecule has 1 amide bonds. The summed E-state index contributed by atoms with van der Waals surface area (Å²) in [5.41, 5.74) is 0.125. The number of carbonyl (C=O) groups is 1. The van der Waals surface area contributed by atoms with Crippen LogP contribution in [0.5, 0.6) is 0 Å². The van der Waals surface area contributed by atoms with Crippen LogP contribution in [0.2, 0.25) is 0 Å². The van der Waals surface area contributed by atoms with Crippen LogP contribution < -0.4 is 0 Å². The minimum Gasteiger partial charge on any atom is -0.395 e. The lowest BCUT2D eigenvalue weighted by Crippen LogP contribution is -2.45. The molecule has 1 saturated carbocycles. The van der Waals surface area contributed by atoms with Crippen molar-refractivity contribution in [1.82, 2.24) is 4.90 Å². The highest BCUT2D eigenvalue weighted by Gasteiger charge is 2.41. The molecule has 1 fully saturated rings. The largest absolute Gasteiger partial charge is 0.395 e. The Morgan fingerprint density at radius 1 is 1.50 bits per heavy atom. The van der Waals surface area contributed by atoms with Gasteiger partial charge in [-0.3, -0.25) is 4.79 Å². The molecule has 0 aromatic carbocycles. The molecule has 1 rings (SSSR count). The van der Waals surface area contributed by atoms with Gasteiger partial charge in [0, 0.05) is 18.5 Å². The van der Waals surface area contributed by atoms with E-state index in [-0.39, 0.29) is 29.9 Å². The first kappa shape index (κ1) is 13.5. The first-order chi connectivity index (χ1) is 7.40. The van der Waals surface area contributed by atoms with Gasteiger partial charge in [0.15, 0.2) is 0 Å². The molecule has 3 heteroatoms. The van der Waals surface area contributed by atoms with Crippen molar-refractivity contribution < 1.29 is 9.90 Å². The fraction of sp³-hybridized carbons (Fsp3) is 0.923. The van der Waals surface area contributed by atoms with Crippen molar-refractivity contribution in [3.05, 3.63) is 0 Å². The van der Waals surface area contributed by atoms with Gasteiger partial charge in [0.25, 0.3) is 0 Å². The van der Waals surface area contributed by atoms with Gasteiger partial charge in [-0.25, -0.2) is 0 Å². The van der Waals surface area contributed by atoms with E-state index in [1.54, 1.807) is 0 Å². The number of aliphatic hydroxyl groups excluding tert-OH is 1. The molecule has 0 aromatic heterocycles. The van der Waals surface area contributed by atoms with Crippen LogP contribution in [-0.2, 0) is 4.79 Å². The monoisotopic (exact) mass is 227 g/mol. The molecule has 0 spiro atoms. The Labute approximate surface area is 98.8 Å². The molecule has 0 aliphatic heterocycles. The van der Waals surface area contributed by atoms with E-state index in [9.17, 15) is 4.79 Å². The van der Waals surface area contributed by atoms with Crippen LogP contribution in [0, 0.1) is 11.3 Å². The van der Waals surface area contributed by atoms with Crippen molar-refractivity contribution in [3.63, 3.8) is 0 Å². The highest BCUT2D eigenvalue weighted by atomic mass is 16.3. The zero-order valence-corrected chi connectivity index (χ0v) is 11.0. The van der Waals surface area contributed by atoms with E-state index in [2.05, 4.69) is 13.8 Å². The third-order valence-electron chi connectivity index (χ3n) is 3.80. The fourth-order valence-electron chi connectivity index (χ4n) is 2.72. The third kappa shape index (κ3) is 2.76. The van der Waals surface area contributed by atoms with Crippen molar-refractivity contribution in [2.24, 2.45) is 11.3 Å². The van der Waals surface area contributed by atoms with Gasteiger partial charge in [-0.05, 0) is 32.1 Å². The van der Waals surface area contributed by atoms with Gasteiger partial charge < -0.3 is 10.0 Å². The topological polar surface area (TPSA) is 40.5 Å². The number of carbonyl (C=O) groups excluding carboxylic acids is 1. The molecule has 1 aliphatic carbocycles. The van der Waals surface area contributed by atoms with Crippen LogP contribution in [0.25, 0.3) is 0 Å². The first-order valence-electron chi connectivity index (χ1n) is 6.31. The Morgan fingerprint density at radius 2 is 2.12 bits per heavy atom. The Balaban J connectivity index is 2.74. The normalized spacial score (nSPS) is 23.8. The summed E-state index contributed by atoms with van der Waals surface area (Å²) >= 11 is 0. The Bertz CT molecular complexity index is 248. The smallest absolute Gasteiger partial charge is 0.226 e. The second-order valence-corrected chi connectivity index (χ2v) is 5.78. The van der Waals surface area contributed by atoms with Crippen LogP contribution >= 0.6 is 0 Å². The molecule has 1 unspecified atom stereocenters. The van der Waals surface area contributed by atoms with Crippen molar-refractivity contribution in [2.45, 2.75) is 53.0 Å². The van der Waals surface area contributed by atoms with Crippen LogP contribution in [0.1, 0.15) is 47.0 Å². The highest BCUT2D eigenvalue weighted by molar-refractivity contribution is 5.80. The van der Waals surface area contributed by atoms with Gasteiger partial charge in [0.05, 0.1) is 6.61 Å². The van der Waals surface area contributed by atoms with Crippen molar-refractivity contribution in [1.29, 1.82) is 0 Å². The summed E-state index contributed by atoms with van der Waals surface area (Å²) in [6.45, 7) is 8.89. The number of hydrogen-bond acceptors (Lipinski definition) is 2. The van der Waals surface area contributed by atoms with E-state index in [4.69, 9.17) is 5.11 Å². The minimum absolute atomic E-state index is 0.0526. The summed E-state index contributed by atoms with van der Waals surface area (Å²) in [6, 6.07) is 0.177. The number of aliphatic hydroxyl groups is 1. The van der Waals surface area contributed by atoms with E-state index in [1.165, 1.54) is 0 Å². The molecule has 0 heterocycles. The summed E-state index contributed by atoms with van der Waals surface area (Å²) in [5.74, 6) is 0.369. The molecular formula is C13H25NO2. The van der Waals surface area contributed by atoms with E-state index < -0.39 is 0 Å². The molecule has 1 atom stereocenters. The van der Waals surface area contributed by atoms with Gasteiger partial charge in [-0.1, -0.05) is 20.3 Å². The first-order valence-corrected chi connectivity index (χ1v) is 6.31. The molecular weight excluding hydrogens is 202 g/mol. The Kier molecular flexibility index (Phi) is 4.36. The van der Waals surface area contributed by atoms with Gasteiger partial charge in [0.1, 0.15) is 0 Å². The summed E-state index contributed by atoms with van der Waals surface area (Å²) in [5, 5.41) is 9.01. The van der Waals surface area contributed by atoms with E-state index in [1.807, 2.05) is 18.7 Å². The van der Waals surface area contributed by atoms with Gasteiger partial charge in [-0.15, -0.1) is 0 Å². The SMILES string of the molecule is CC(C)N(CCO)C(=O)C1CCCC1(C)C. The summed E-state index contributed by atoms with van der Waals surface area (Å²) in [6.07, 6.45) is 3.28. The summed E-state index contributed by atoms with van der Waals surface area (Å²) < 4.78 is 0. The van der Waals surface area contributed by atoms with Gasteiger partial charge in [0.2, 0.25) is 5.91 Å². The minimum atomic E-state index is 0.0526. The summed E-state index contributed by atoms with van der Waals surface area (Å²) in [7, 11) is 0. The van der Waals surface area contributed by atoms with Crippen LogP contribution in [0.3, 0.4) is 0 Å². The predicted molar refractivity (Wildman–Crippen MR) is 65.1 cm³/mol. The molecule has 0 radical (unpaired) electrons. The van der Waals surface area contributed by atoms with Crippen LogP contribution in [0.4, 0.5) is 0 Å². The lowest BCUT2D eigenvalue weighted by Gasteiger charge is -2.34. The maximum atomic E-state index is 12.4. The number of hydrogen-bond donors (Lipinski definition) is 1. The maximum absolute atomic E-state index is 12.4. The zero-order valence-electron chi connectivity index (χ0n) is 11.0. The highest BCUT2D eigenvalue weighted by Crippen LogP contribution is 2.43. The number of amides is 1. The van der Waals surface area contributed by atoms with Crippen molar-refractivity contribution in [2.75, 3.05) is 13.2 Å². The molecule has 0 saturated heterocycles. The molecule has 94 valence electrons. The van der Waals surface area contributed by atoms with Crippen molar-refractivity contribution in [3.8, 4) is 0 Å². The predicted octanol–water partition coefficient (Wildman–Crippen LogP) is 2.04. The van der Waals surface area contributed by atoms with Crippen molar-refractivity contribution >= 4 is 5.91 Å². The lowest BCUT2D eigenvalue weighted by molar-refractivity contribution is -0.140. The second kappa shape index (κ2) is 5.17. The molecule has 16 heavy (non-hydrogen) atoms. The van der Waals surface area contributed by atoms with E-state index >= 15 is 0 Å². The van der Waals surface area contributed by atoms with Crippen LogP contribution in [-0.4, -0.2) is 35.1 Å². The third-order valence-corrected chi connectivity index (χ3v) is 3.80. The quantitative estimate of drug-likeness (QED) is 0.798. The fourth-order valence-corrected chi connectivity index (χ4v) is 2.72. The molecule has 0 aromatic rings. The molecule has 1 N–H and O–H groups in total. The van der Waals surface area contributed by atoms with Gasteiger partial charge in [-0.2, -0.15) is 0 Å². The van der Waals surface area contributed by atoms with E-state index in [0.717, 1.165) is 19.3 Å². The Morgan fingerprint density at radius 3 is 2.50 bits per heavy atom. The number of nitrogens with zero attached hydrogens (tertiary/aromatic N) is 1. The average molecular weight is 227 g/mol. The molecule has 3 nitrogen and oxygen atoms in total. The van der Waals surface area contributed by atoms with Crippen LogP contribution in [0.15, 0.2) is 0 Å². The number of rotatable bonds is 4. The summed E-state index contributed by atoms with van der Waals surface area (Å²) in [4.78, 5) is 14.2. The average Bonchev–Trinajstić information content (AvgIpc) is 2.53. The van der Waals surface area contributed by atoms with Gasteiger partial charge >= 0.3 is 0 Å².